The smallest absolute Gasteiger partial charge is 0.286 e. The fourth-order valence-electron chi connectivity index (χ4n) is 2.49. The number of thioether (sulfide) groups is 2. The molecule has 0 aromatic heterocycles. The Morgan fingerprint density at radius 3 is 2.46 bits per heavy atom. The molecular weight excluding hydrogens is 462 g/mol. The van der Waals surface area contributed by atoms with Gasteiger partial charge in [-0.05, 0) is 36.1 Å². The maximum atomic E-state index is 12.5. The van der Waals surface area contributed by atoms with E-state index in [1.807, 2.05) is 30.5 Å². The van der Waals surface area contributed by atoms with Crippen molar-refractivity contribution in [2.24, 2.45) is 9.54 Å². The number of nitrogens with zero attached hydrogens (tertiary/aromatic N) is 1. The zero-order chi connectivity index (χ0) is 20.5. The first-order valence-electron chi connectivity index (χ1n) is 7.78. The van der Waals surface area contributed by atoms with Gasteiger partial charge >= 0.3 is 0 Å². The summed E-state index contributed by atoms with van der Waals surface area (Å²) in [5, 5.41) is 7.82. The van der Waals surface area contributed by atoms with Crippen LogP contribution in [0.2, 0.25) is 5.02 Å². The number of hydrogen-bond donors (Lipinski definition) is 2. The molecule has 0 fully saturated rings. The lowest BCUT2D eigenvalue weighted by atomic mass is 10.2. The molecule has 0 atom stereocenters. The Morgan fingerprint density at radius 1 is 1.18 bits per heavy atom. The highest BCUT2D eigenvalue weighted by Gasteiger charge is 2.28. The van der Waals surface area contributed by atoms with Crippen molar-refractivity contribution >= 4 is 66.7 Å². The highest BCUT2D eigenvalue weighted by Crippen LogP contribution is 2.34. The third-order valence-corrected chi connectivity index (χ3v) is 8.28. The van der Waals surface area contributed by atoms with Crippen LogP contribution in [0.1, 0.15) is 5.56 Å². The largest absolute Gasteiger partial charge is 0.341 e. The summed E-state index contributed by atoms with van der Waals surface area (Å²) < 4.78 is 51.8. The molecule has 1 aliphatic rings. The highest BCUT2D eigenvalue weighted by molar-refractivity contribution is 7.99. The third kappa shape index (κ3) is 4.84. The SMILES string of the molecule is CSc1ccc(CSCC2=NS(=O)(=O)c3cc(S(N)(=O)=O)c(Cl)cc3N2)cc1. The molecule has 0 amide bonds. The van der Waals surface area contributed by atoms with Crippen molar-refractivity contribution in [3.05, 3.63) is 47.0 Å². The maximum absolute atomic E-state index is 12.5. The van der Waals surface area contributed by atoms with E-state index in [9.17, 15) is 16.8 Å². The van der Waals surface area contributed by atoms with Crippen LogP contribution < -0.4 is 10.5 Å². The van der Waals surface area contributed by atoms with Gasteiger partial charge in [0.15, 0.2) is 0 Å². The molecule has 0 unspecified atom stereocenters. The predicted octanol–water partition coefficient (Wildman–Crippen LogP) is 3.16. The van der Waals surface area contributed by atoms with Crippen molar-refractivity contribution in [3.63, 3.8) is 0 Å². The molecule has 2 aromatic rings. The highest BCUT2D eigenvalue weighted by atomic mass is 35.5. The number of halogens is 1. The number of benzene rings is 2. The monoisotopic (exact) mass is 477 g/mol. The van der Waals surface area contributed by atoms with Crippen molar-refractivity contribution < 1.29 is 16.8 Å². The zero-order valence-electron chi connectivity index (χ0n) is 14.5. The second-order valence-electron chi connectivity index (χ2n) is 5.80. The second-order valence-corrected chi connectivity index (χ2v) is 11.2. The van der Waals surface area contributed by atoms with Gasteiger partial charge in [0.1, 0.15) is 15.6 Å². The standard InChI is InChI=1S/C16H16ClN3O4S4/c1-25-11-4-2-10(3-5-11)8-26-9-16-19-13-6-12(17)14(27(18,21)22)7-15(13)28(23,24)20-16/h2-7H,8-9H2,1H3,(H,19,20)(H2,18,21,22). The molecule has 0 saturated heterocycles. The van der Waals surface area contributed by atoms with E-state index in [-0.39, 0.29) is 21.4 Å². The molecule has 0 saturated carbocycles. The molecule has 2 aromatic carbocycles. The van der Waals surface area contributed by atoms with Crippen LogP contribution in [0.4, 0.5) is 5.69 Å². The van der Waals surface area contributed by atoms with Crippen LogP contribution in [-0.2, 0) is 25.8 Å². The van der Waals surface area contributed by atoms with E-state index in [0.29, 0.717) is 11.5 Å². The van der Waals surface area contributed by atoms with Gasteiger partial charge in [-0.2, -0.15) is 8.42 Å². The van der Waals surface area contributed by atoms with Crippen LogP contribution in [0.25, 0.3) is 0 Å². The molecule has 1 heterocycles. The van der Waals surface area contributed by atoms with Crippen molar-refractivity contribution in [1.29, 1.82) is 0 Å². The Hall–Kier alpha value is -1.24. The molecule has 3 rings (SSSR count). The molecule has 28 heavy (non-hydrogen) atoms. The topological polar surface area (TPSA) is 119 Å². The normalized spacial score (nSPS) is 15.5. The number of amidine groups is 1. The van der Waals surface area contributed by atoms with Crippen LogP contribution in [0, 0.1) is 0 Å². The summed E-state index contributed by atoms with van der Waals surface area (Å²) in [6.45, 7) is 0. The van der Waals surface area contributed by atoms with Crippen LogP contribution in [0.5, 0.6) is 0 Å². The van der Waals surface area contributed by atoms with Gasteiger partial charge in [-0.3, -0.25) is 0 Å². The lowest BCUT2D eigenvalue weighted by molar-refractivity contribution is 0.596. The van der Waals surface area contributed by atoms with Crippen LogP contribution in [0.15, 0.2) is 55.5 Å². The zero-order valence-corrected chi connectivity index (χ0v) is 18.6. The number of rotatable bonds is 6. The minimum atomic E-state index is -4.16. The number of fused-ring (bicyclic) bond motifs is 1. The Morgan fingerprint density at radius 2 is 1.86 bits per heavy atom. The maximum Gasteiger partial charge on any atom is 0.286 e. The number of anilines is 1. The van der Waals surface area contributed by atoms with Gasteiger partial charge in [-0.1, -0.05) is 23.7 Å². The summed E-state index contributed by atoms with van der Waals surface area (Å²) in [5.74, 6) is 1.27. The van der Waals surface area contributed by atoms with Gasteiger partial charge < -0.3 is 5.32 Å². The first kappa shape index (κ1) is 21.5. The quantitative estimate of drug-likeness (QED) is 0.613. The molecule has 150 valence electrons. The summed E-state index contributed by atoms with van der Waals surface area (Å²) in [7, 11) is -8.22. The van der Waals surface area contributed by atoms with Crippen LogP contribution >= 0.6 is 35.1 Å². The Kier molecular flexibility index (Phi) is 6.32. The van der Waals surface area contributed by atoms with E-state index in [0.717, 1.165) is 11.6 Å². The third-order valence-electron chi connectivity index (χ3n) is 3.79. The van der Waals surface area contributed by atoms with Gasteiger partial charge in [0.05, 0.1) is 16.5 Å². The number of nitrogens with one attached hydrogen (secondary N) is 1. The Labute approximate surface area is 177 Å². The van der Waals surface area contributed by atoms with Crippen LogP contribution in [-0.4, -0.2) is 34.7 Å². The lowest BCUT2D eigenvalue weighted by Gasteiger charge is -2.19. The minimum absolute atomic E-state index is 0.160. The van der Waals surface area contributed by atoms with Gasteiger partial charge in [0, 0.05) is 10.6 Å². The number of sulfonamides is 2. The predicted molar refractivity (Wildman–Crippen MR) is 115 cm³/mol. The first-order valence-corrected chi connectivity index (χ1v) is 13.5. The van der Waals surface area contributed by atoms with Gasteiger partial charge in [0.2, 0.25) is 10.0 Å². The fraction of sp³-hybridized carbons (Fsp3) is 0.188. The van der Waals surface area contributed by atoms with E-state index < -0.39 is 24.9 Å². The Bertz CT molecular complexity index is 1150. The molecule has 0 spiro atoms. The van der Waals surface area contributed by atoms with E-state index >= 15 is 0 Å². The second kappa shape index (κ2) is 8.25. The van der Waals surface area contributed by atoms with E-state index in [2.05, 4.69) is 9.71 Å². The van der Waals surface area contributed by atoms with E-state index in [4.69, 9.17) is 16.7 Å². The molecule has 0 aliphatic carbocycles. The number of primary sulfonamides is 1. The van der Waals surface area contributed by atoms with Crippen LogP contribution in [0.3, 0.4) is 0 Å². The summed E-state index contributed by atoms with van der Waals surface area (Å²) in [6.07, 6.45) is 2.01. The molecule has 12 heteroatoms. The van der Waals surface area contributed by atoms with Crippen molar-refractivity contribution in [2.75, 3.05) is 17.3 Å². The summed E-state index contributed by atoms with van der Waals surface area (Å²) in [4.78, 5) is 0.438. The summed E-state index contributed by atoms with van der Waals surface area (Å²) >= 11 is 9.12. The molecule has 1 aliphatic heterocycles. The van der Waals surface area contributed by atoms with E-state index in [1.54, 1.807) is 11.8 Å². The lowest BCUT2D eigenvalue weighted by Crippen LogP contribution is -2.24. The Balaban J connectivity index is 1.77. The first-order chi connectivity index (χ1) is 13.1. The molecule has 0 radical (unpaired) electrons. The number of hydrogen-bond acceptors (Lipinski definition) is 7. The average molecular weight is 478 g/mol. The van der Waals surface area contributed by atoms with Crippen molar-refractivity contribution in [1.82, 2.24) is 0 Å². The average Bonchev–Trinajstić information content (AvgIpc) is 2.60. The molecule has 0 bridgehead atoms. The van der Waals surface area contributed by atoms with Gasteiger partial charge in [-0.25, -0.2) is 13.6 Å². The molecule has 3 N–H and O–H groups in total. The fourth-order valence-corrected chi connectivity index (χ4v) is 6.16. The van der Waals surface area contributed by atoms with Gasteiger partial charge in [-0.15, -0.1) is 27.9 Å². The summed E-state index contributed by atoms with van der Waals surface area (Å²) in [6, 6.07) is 10.3. The van der Waals surface area contributed by atoms with E-state index in [1.165, 1.54) is 22.7 Å². The number of nitrogens with two attached hydrogens (primary N) is 1. The molecular formula is C16H16ClN3O4S4. The summed E-state index contributed by atoms with van der Waals surface area (Å²) in [5.41, 5.74) is 1.29. The van der Waals surface area contributed by atoms with Crippen molar-refractivity contribution in [3.8, 4) is 0 Å². The molecule has 7 nitrogen and oxygen atoms in total. The van der Waals surface area contributed by atoms with Crippen molar-refractivity contribution in [2.45, 2.75) is 20.4 Å². The van der Waals surface area contributed by atoms with Gasteiger partial charge in [0.25, 0.3) is 10.0 Å². The minimum Gasteiger partial charge on any atom is -0.341 e.